The van der Waals surface area contributed by atoms with Gasteiger partial charge < -0.3 is 5.09 Å². The molecule has 0 aliphatic heterocycles. The molecule has 15 heavy (non-hydrogen) atoms. The molecule has 2 rings (SSSR count). The highest BCUT2D eigenvalue weighted by molar-refractivity contribution is 7.55. The van der Waals surface area contributed by atoms with Crippen molar-refractivity contribution in [3.63, 3.8) is 0 Å². The van der Waals surface area contributed by atoms with E-state index in [1.54, 1.807) is 0 Å². The maximum Gasteiger partial charge on any atom is 0.187 e. The van der Waals surface area contributed by atoms with Gasteiger partial charge in [-0.05, 0) is 24.3 Å². The average molecular weight is 217 g/mol. The molecule has 0 spiro atoms. The van der Waals surface area contributed by atoms with Crippen molar-refractivity contribution < 1.29 is 4.57 Å². The molecule has 0 bridgehead atoms. The molecule has 0 amide bonds. The molecule has 0 aromatic heterocycles. The highest BCUT2D eigenvalue weighted by atomic mass is 31.1. The maximum absolute atomic E-state index is 11.9. The van der Waals surface area contributed by atoms with Gasteiger partial charge in [-0.2, -0.15) is 0 Å². The molecule has 1 atom stereocenters. The zero-order valence-electron chi connectivity index (χ0n) is 8.18. The van der Waals surface area contributed by atoms with Gasteiger partial charge in [0.05, 0.1) is 0 Å². The van der Waals surface area contributed by atoms with Gasteiger partial charge in [0.1, 0.15) is 0 Å². The van der Waals surface area contributed by atoms with Gasteiger partial charge in [0.2, 0.25) is 0 Å². The molecule has 0 heterocycles. The molecule has 0 saturated carbocycles. The van der Waals surface area contributed by atoms with Crippen LogP contribution in [-0.2, 0) is 4.57 Å². The minimum atomic E-state index is -1.92. The molecule has 0 radical (unpaired) electrons. The van der Waals surface area contributed by atoms with Crippen LogP contribution in [0.15, 0.2) is 60.7 Å². The van der Waals surface area contributed by atoms with Gasteiger partial charge in [-0.3, -0.25) is 4.57 Å². The molecule has 2 aromatic rings. The fourth-order valence-corrected chi connectivity index (χ4v) is 2.38. The van der Waals surface area contributed by atoms with Crippen LogP contribution in [0.4, 0.5) is 5.69 Å². The van der Waals surface area contributed by atoms with Crippen molar-refractivity contribution in [1.29, 1.82) is 0 Å². The predicted molar refractivity (Wildman–Crippen MR) is 65.1 cm³/mol. The van der Waals surface area contributed by atoms with Crippen LogP contribution in [0.25, 0.3) is 0 Å². The van der Waals surface area contributed by atoms with Crippen LogP contribution in [0.3, 0.4) is 0 Å². The third-order valence-electron chi connectivity index (χ3n) is 2.07. The van der Waals surface area contributed by atoms with Gasteiger partial charge in [-0.25, -0.2) is 0 Å². The zero-order valence-corrected chi connectivity index (χ0v) is 9.18. The van der Waals surface area contributed by atoms with E-state index in [4.69, 9.17) is 0 Å². The number of nitrogens with one attached hydrogen (secondary N) is 1. The van der Waals surface area contributed by atoms with Crippen LogP contribution in [0.1, 0.15) is 0 Å². The summed E-state index contributed by atoms with van der Waals surface area (Å²) < 4.78 is 11.9. The van der Waals surface area contributed by atoms with Crippen molar-refractivity contribution >= 4 is 18.9 Å². The molecule has 1 N–H and O–H groups in total. The Morgan fingerprint density at radius 1 is 0.800 bits per heavy atom. The number of rotatable bonds is 3. The first kappa shape index (κ1) is 10.0. The monoisotopic (exact) mass is 217 g/mol. The summed E-state index contributed by atoms with van der Waals surface area (Å²) in [4.78, 5) is 0. The predicted octanol–water partition coefficient (Wildman–Crippen LogP) is 2.90. The Morgan fingerprint density at radius 3 is 1.93 bits per heavy atom. The molecule has 0 aliphatic rings. The Labute approximate surface area is 89.8 Å². The molecule has 0 aliphatic carbocycles. The van der Waals surface area contributed by atoms with Crippen molar-refractivity contribution in [3.05, 3.63) is 60.7 Å². The Bertz CT molecular complexity index is 442. The van der Waals surface area contributed by atoms with E-state index in [0.29, 0.717) is 0 Å². The minimum Gasteiger partial charge on any atom is -0.335 e. The quantitative estimate of drug-likeness (QED) is 0.801. The minimum absolute atomic E-state index is 0.853. The molecule has 0 fully saturated rings. The zero-order chi connectivity index (χ0) is 10.5. The summed E-state index contributed by atoms with van der Waals surface area (Å²) in [6.45, 7) is 0. The van der Waals surface area contributed by atoms with Crippen LogP contribution in [0, 0.1) is 0 Å². The lowest BCUT2D eigenvalue weighted by Gasteiger charge is -2.05. The second-order valence-electron chi connectivity index (χ2n) is 3.19. The second-order valence-corrected chi connectivity index (χ2v) is 4.67. The maximum atomic E-state index is 11.9. The van der Waals surface area contributed by atoms with Gasteiger partial charge in [0.15, 0.2) is 7.95 Å². The Hall–Kier alpha value is -1.53. The summed E-state index contributed by atoms with van der Waals surface area (Å²) in [7, 11) is -1.92. The van der Waals surface area contributed by atoms with Crippen LogP contribution in [0.2, 0.25) is 0 Å². The molecule has 3 heteroatoms. The van der Waals surface area contributed by atoms with E-state index in [2.05, 4.69) is 5.09 Å². The third kappa shape index (κ3) is 2.71. The normalized spacial score (nSPS) is 12.0. The summed E-state index contributed by atoms with van der Waals surface area (Å²) in [5, 5.41) is 3.86. The van der Waals surface area contributed by atoms with Gasteiger partial charge >= 0.3 is 0 Å². The van der Waals surface area contributed by atoms with Gasteiger partial charge in [0.25, 0.3) is 0 Å². The van der Waals surface area contributed by atoms with E-state index in [0.717, 1.165) is 11.0 Å². The number of para-hydroxylation sites is 1. The SMILES string of the molecule is O=[PH](Nc1ccccc1)c1ccccc1. The first-order valence-corrected chi connectivity index (χ1v) is 6.18. The average Bonchev–Trinajstić information content (AvgIpc) is 2.31. The summed E-state index contributed by atoms with van der Waals surface area (Å²) in [6, 6.07) is 19.0. The molecular weight excluding hydrogens is 205 g/mol. The lowest BCUT2D eigenvalue weighted by Crippen LogP contribution is -2.00. The van der Waals surface area contributed by atoms with E-state index in [1.165, 1.54) is 0 Å². The summed E-state index contributed by atoms with van der Waals surface area (Å²) in [6.07, 6.45) is 0. The van der Waals surface area contributed by atoms with Crippen LogP contribution in [-0.4, -0.2) is 0 Å². The first-order valence-electron chi connectivity index (χ1n) is 4.78. The van der Waals surface area contributed by atoms with Crippen molar-refractivity contribution in [1.82, 2.24) is 0 Å². The summed E-state index contributed by atoms with van der Waals surface area (Å²) in [5.41, 5.74) is 0.894. The molecule has 76 valence electrons. The van der Waals surface area contributed by atoms with E-state index >= 15 is 0 Å². The van der Waals surface area contributed by atoms with Gasteiger partial charge in [-0.1, -0.05) is 36.4 Å². The number of anilines is 1. The summed E-state index contributed by atoms with van der Waals surface area (Å²) >= 11 is 0. The van der Waals surface area contributed by atoms with Crippen molar-refractivity contribution in [2.45, 2.75) is 0 Å². The molecule has 2 nitrogen and oxygen atoms in total. The molecule has 1 unspecified atom stereocenters. The fourth-order valence-electron chi connectivity index (χ4n) is 1.31. The van der Waals surface area contributed by atoms with Crippen LogP contribution >= 0.6 is 7.95 Å². The second kappa shape index (κ2) is 4.81. The topological polar surface area (TPSA) is 29.1 Å². The Morgan fingerprint density at radius 2 is 1.33 bits per heavy atom. The van der Waals surface area contributed by atoms with Gasteiger partial charge in [0, 0.05) is 11.0 Å². The molecular formula is C12H12NOP. The van der Waals surface area contributed by atoms with Gasteiger partial charge in [-0.15, -0.1) is 0 Å². The standard InChI is InChI=1S/C12H12NOP/c14-15(12-9-5-2-6-10-12)13-11-7-3-1-4-8-11/h1-10,15H,(H,13,14). The van der Waals surface area contributed by atoms with E-state index in [-0.39, 0.29) is 0 Å². The smallest absolute Gasteiger partial charge is 0.187 e. The van der Waals surface area contributed by atoms with Crippen molar-refractivity contribution in [3.8, 4) is 0 Å². The summed E-state index contributed by atoms with van der Waals surface area (Å²) in [5.74, 6) is 0. The lowest BCUT2D eigenvalue weighted by atomic mass is 10.3. The van der Waals surface area contributed by atoms with E-state index in [9.17, 15) is 4.57 Å². The van der Waals surface area contributed by atoms with Crippen LogP contribution in [0.5, 0.6) is 0 Å². The largest absolute Gasteiger partial charge is 0.335 e. The highest BCUT2D eigenvalue weighted by Crippen LogP contribution is 2.22. The third-order valence-corrected chi connectivity index (χ3v) is 3.44. The van der Waals surface area contributed by atoms with E-state index < -0.39 is 7.95 Å². The highest BCUT2D eigenvalue weighted by Gasteiger charge is 2.00. The number of hydrogen-bond donors (Lipinski definition) is 1. The number of hydrogen-bond acceptors (Lipinski definition) is 1. The number of benzene rings is 2. The Kier molecular flexibility index (Phi) is 3.21. The lowest BCUT2D eigenvalue weighted by molar-refractivity contribution is 0.596. The van der Waals surface area contributed by atoms with Crippen LogP contribution < -0.4 is 10.4 Å². The fraction of sp³-hybridized carbons (Fsp3) is 0. The van der Waals surface area contributed by atoms with Crippen molar-refractivity contribution in [2.75, 3.05) is 5.09 Å². The molecule has 0 saturated heterocycles. The van der Waals surface area contributed by atoms with E-state index in [1.807, 2.05) is 60.7 Å². The van der Waals surface area contributed by atoms with Crippen molar-refractivity contribution in [2.24, 2.45) is 0 Å². The Balaban J connectivity index is 2.12. The first-order chi connectivity index (χ1) is 7.36. The molecule has 2 aromatic carbocycles.